The van der Waals surface area contributed by atoms with Crippen LogP contribution in [0, 0.1) is 13.8 Å². The van der Waals surface area contributed by atoms with Crippen LogP contribution in [0.15, 0.2) is 12.1 Å². The molecule has 1 heterocycles. The van der Waals surface area contributed by atoms with Crippen molar-refractivity contribution in [3.63, 3.8) is 0 Å². The van der Waals surface area contributed by atoms with Crippen molar-refractivity contribution in [3.8, 4) is 0 Å². The van der Waals surface area contributed by atoms with E-state index in [4.69, 9.17) is 18.0 Å². The number of aryl methyl sites for hydroxylation is 2. The van der Waals surface area contributed by atoms with Crippen LogP contribution in [0.2, 0.25) is 0 Å². The first-order valence-corrected chi connectivity index (χ1v) is 6.09. The fraction of sp³-hybridized carbons (Fsp3) is 0.308. The van der Waals surface area contributed by atoms with Gasteiger partial charge < -0.3 is 5.73 Å². The van der Waals surface area contributed by atoms with Gasteiger partial charge in [-0.1, -0.05) is 24.4 Å². The minimum absolute atomic E-state index is 0.243. The summed E-state index contributed by atoms with van der Waals surface area (Å²) in [4.78, 5) is 26.0. The van der Waals surface area contributed by atoms with Crippen LogP contribution in [0.1, 0.15) is 38.3 Å². The minimum Gasteiger partial charge on any atom is -0.393 e. The van der Waals surface area contributed by atoms with E-state index in [1.807, 2.05) is 26.0 Å². The molecular formula is C13H14N2O2S. The molecule has 1 aliphatic rings. The van der Waals surface area contributed by atoms with Crippen LogP contribution in [-0.2, 0) is 0 Å². The van der Waals surface area contributed by atoms with Crippen molar-refractivity contribution < 1.29 is 9.59 Å². The molecule has 0 saturated heterocycles. The first kappa shape index (κ1) is 12.7. The molecule has 94 valence electrons. The molecule has 4 nitrogen and oxygen atoms in total. The van der Waals surface area contributed by atoms with Crippen molar-refractivity contribution in [3.05, 3.63) is 34.4 Å². The zero-order chi connectivity index (χ0) is 13.4. The summed E-state index contributed by atoms with van der Waals surface area (Å²) in [6.45, 7) is 3.92. The topological polar surface area (TPSA) is 63.4 Å². The number of nitrogens with two attached hydrogens (primary N) is 1. The van der Waals surface area contributed by atoms with Crippen LogP contribution in [0.3, 0.4) is 0 Å². The number of carbonyl (C=O) groups is 2. The summed E-state index contributed by atoms with van der Waals surface area (Å²) in [6.07, 6.45) is 0.360. The third-order valence-electron chi connectivity index (χ3n) is 3.12. The van der Waals surface area contributed by atoms with E-state index in [-0.39, 0.29) is 18.4 Å². The van der Waals surface area contributed by atoms with E-state index in [1.165, 1.54) is 4.90 Å². The first-order chi connectivity index (χ1) is 8.43. The Morgan fingerprint density at radius 3 is 2.00 bits per heavy atom. The number of hydrogen-bond donors (Lipinski definition) is 1. The van der Waals surface area contributed by atoms with Gasteiger partial charge >= 0.3 is 0 Å². The van der Waals surface area contributed by atoms with Gasteiger partial charge in [0.2, 0.25) is 0 Å². The van der Waals surface area contributed by atoms with Gasteiger partial charge in [-0.25, -0.2) is 0 Å². The number of benzene rings is 1. The molecule has 0 aliphatic carbocycles. The van der Waals surface area contributed by atoms with E-state index < -0.39 is 0 Å². The Labute approximate surface area is 111 Å². The molecule has 1 aromatic carbocycles. The molecule has 2 amide bonds. The maximum Gasteiger partial charge on any atom is 0.261 e. The molecule has 18 heavy (non-hydrogen) atoms. The fourth-order valence-corrected chi connectivity index (χ4v) is 2.24. The third-order valence-corrected chi connectivity index (χ3v) is 3.33. The first-order valence-electron chi connectivity index (χ1n) is 5.68. The average molecular weight is 262 g/mol. The van der Waals surface area contributed by atoms with Crippen molar-refractivity contribution in [2.24, 2.45) is 5.73 Å². The molecule has 5 heteroatoms. The molecule has 2 N–H and O–H groups in total. The molecule has 2 rings (SSSR count). The van der Waals surface area contributed by atoms with Crippen molar-refractivity contribution >= 4 is 29.0 Å². The predicted molar refractivity (Wildman–Crippen MR) is 72.7 cm³/mol. The molecular weight excluding hydrogens is 248 g/mol. The second kappa shape index (κ2) is 4.49. The lowest BCUT2D eigenvalue weighted by atomic mass is 9.99. The molecule has 0 fully saturated rings. The highest BCUT2D eigenvalue weighted by molar-refractivity contribution is 7.80. The van der Waals surface area contributed by atoms with Crippen LogP contribution >= 0.6 is 12.2 Å². The number of rotatable bonds is 3. The van der Waals surface area contributed by atoms with Gasteiger partial charge in [0.25, 0.3) is 11.8 Å². The summed E-state index contributed by atoms with van der Waals surface area (Å²) in [5.41, 5.74) is 8.09. The Morgan fingerprint density at radius 2 is 1.61 bits per heavy atom. The second-order valence-corrected chi connectivity index (χ2v) is 4.95. The van der Waals surface area contributed by atoms with Gasteiger partial charge in [-0.15, -0.1) is 0 Å². The SMILES string of the molecule is Cc1ccc(C)c2c1C(=O)N(CCC(N)=S)C2=O. The number of hydrogen-bond acceptors (Lipinski definition) is 3. The number of imide groups is 1. The number of fused-ring (bicyclic) bond motifs is 1. The highest BCUT2D eigenvalue weighted by Gasteiger charge is 2.37. The number of nitrogens with zero attached hydrogens (tertiary/aromatic N) is 1. The number of carbonyl (C=O) groups excluding carboxylic acids is 2. The summed E-state index contributed by atoms with van der Waals surface area (Å²) in [6, 6.07) is 3.72. The second-order valence-electron chi connectivity index (χ2n) is 4.43. The molecule has 0 radical (unpaired) electrons. The van der Waals surface area contributed by atoms with Crippen LogP contribution in [-0.4, -0.2) is 28.2 Å². The zero-order valence-electron chi connectivity index (χ0n) is 10.3. The van der Waals surface area contributed by atoms with E-state index in [2.05, 4.69) is 0 Å². The smallest absolute Gasteiger partial charge is 0.261 e. The third kappa shape index (κ3) is 1.90. The van der Waals surface area contributed by atoms with Crippen molar-refractivity contribution in [1.82, 2.24) is 4.90 Å². The van der Waals surface area contributed by atoms with Crippen LogP contribution in [0.5, 0.6) is 0 Å². The summed E-state index contributed by atoms with van der Waals surface area (Å²) in [5, 5.41) is 0. The van der Waals surface area contributed by atoms with Crippen LogP contribution < -0.4 is 5.73 Å². The summed E-state index contributed by atoms with van der Waals surface area (Å²) in [5.74, 6) is -0.486. The van der Waals surface area contributed by atoms with Gasteiger partial charge in [0.15, 0.2) is 0 Å². The van der Waals surface area contributed by atoms with E-state index in [1.54, 1.807) is 0 Å². The summed E-state index contributed by atoms with van der Waals surface area (Å²) >= 11 is 4.77. The van der Waals surface area contributed by atoms with Gasteiger partial charge in [-0.05, 0) is 25.0 Å². The van der Waals surface area contributed by atoms with E-state index in [0.717, 1.165) is 11.1 Å². The molecule has 0 bridgehead atoms. The fourth-order valence-electron chi connectivity index (χ4n) is 2.15. The van der Waals surface area contributed by atoms with E-state index >= 15 is 0 Å². The van der Waals surface area contributed by atoms with Crippen molar-refractivity contribution in [2.75, 3.05) is 6.54 Å². The molecule has 0 aromatic heterocycles. The quantitative estimate of drug-likeness (QED) is 0.663. The van der Waals surface area contributed by atoms with Crippen LogP contribution in [0.4, 0.5) is 0 Å². The largest absolute Gasteiger partial charge is 0.393 e. The van der Waals surface area contributed by atoms with Crippen molar-refractivity contribution in [2.45, 2.75) is 20.3 Å². The van der Waals surface area contributed by atoms with Gasteiger partial charge in [-0.2, -0.15) is 0 Å². The van der Waals surface area contributed by atoms with Crippen molar-refractivity contribution in [1.29, 1.82) is 0 Å². The standard InChI is InChI=1S/C13H14N2O2S/c1-7-3-4-8(2)11-10(7)12(16)15(13(11)17)6-5-9(14)18/h3-4H,5-6H2,1-2H3,(H2,14,18). The lowest BCUT2D eigenvalue weighted by Gasteiger charge is -2.12. The number of amides is 2. The maximum absolute atomic E-state index is 12.2. The van der Waals surface area contributed by atoms with E-state index in [0.29, 0.717) is 22.5 Å². The van der Waals surface area contributed by atoms with E-state index in [9.17, 15) is 9.59 Å². The van der Waals surface area contributed by atoms with Gasteiger partial charge in [-0.3, -0.25) is 14.5 Å². The van der Waals surface area contributed by atoms with Gasteiger partial charge in [0.05, 0.1) is 16.1 Å². The summed E-state index contributed by atoms with van der Waals surface area (Å²) in [7, 11) is 0. The Kier molecular flexibility index (Phi) is 3.17. The number of thiocarbonyl (C=S) groups is 1. The summed E-state index contributed by atoms with van der Waals surface area (Å²) < 4.78 is 0. The molecule has 0 unspecified atom stereocenters. The van der Waals surface area contributed by atoms with Gasteiger partial charge in [0.1, 0.15) is 0 Å². The van der Waals surface area contributed by atoms with Crippen LogP contribution in [0.25, 0.3) is 0 Å². The average Bonchev–Trinajstić information content (AvgIpc) is 2.55. The monoisotopic (exact) mass is 262 g/mol. The molecule has 1 aromatic rings. The zero-order valence-corrected chi connectivity index (χ0v) is 11.1. The Bertz CT molecular complexity index is 525. The predicted octanol–water partition coefficient (Wildman–Crippen LogP) is 1.58. The highest BCUT2D eigenvalue weighted by atomic mass is 32.1. The van der Waals surface area contributed by atoms with Gasteiger partial charge in [0, 0.05) is 13.0 Å². The Balaban J connectivity index is 2.41. The lowest BCUT2D eigenvalue weighted by Crippen LogP contribution is -2.32. The minimum atomic E-state index is -0.243. The Morgan fingerprint density at radius 1 is 1.17 bits per heavy atom. The molecule has 0 atom stereocenters. The molecule has 0 spiro atoms. The maximum atomic E-state index is 12.2. The highest BCUT2D eigenvalue weighted by Crippen LogP contribution is 2.28. The molecule has 0 saturated carbocycles. The lowest BCUT2D eigenvalue weighted by molar-refractivity contribution is 0.0658. The molecule has 1 aliphatic heterocycles. The Hall–Kier alpha value is -1.75. The normalized spacial score (nSPS) is 14.0.